The minimum absolute atomic E-state index is 0.441. The van der Waals surface area contributed by atoms with Gasteiger partial charge in [-0.05, 0) is 48.3 Å². The number of rotatable bonds is 3. The quantitative estimate of drug-likeness (QED) is 0.891. The van der Waals surface area contributed by atoms with Gasteiger partial charge >= 0.3 is 0 Å². The van der Waals surface area contributed by atoms with E-state index in [-0.39, 0.29) is 0 Å². The molecule has 1 aliphatic rings. The molecule has 2 heterocycles. The maximum atomic E-state index is 5.15. The summed E-state index contributed by atoms with van der Waals surface area (Å²) in [5, 5.41) is 6.74. The number of anilines is 1. The maximum Gasteiger partial charge on any atom is 0.232 e. The van der Waals surface area contributed by atoms with Gasteiger partial charge in [-0.2, -0.15) is 4.98 Å². The Balaban J connectivity index is 2.01. The van der Waals surface area contributed by atoms with Gasteiger partial charge in [-0.1, -0.05) is 0 Å². The lowest BCUT2D eigenvalue weighted by Crippen LogP contribution is -2.22. The molecule has 1 aromatic rings. The molecule has 1 aromatic heterocycles. The summed E-state index contributed by atoms with van der Waals surface area (Å²) in [5.74, 6) is 1.20. The molecule has 17 heavy (non-hydrogen) atoms. The number of aromatic nitrogens is 2. The zero-order valence-corrected chi connectivity index (χ0v) is 11.5. The van der Waals surface area contributed by atoms with Crippen LogP contribution in [0.3, 0.4) is 0 Å². The molecule has 0 spiro atoms. The van der Waals surface area contributed by atoms with E-state index in [4.69, 9.17) is 4.74 Å². The molecule has 2 rings (SSSR count). The molecule has 1 atom stereocenters. The molecular formula is C11H17BrN4O. The summed E-state index contributed by atoms with van der Waals surface area (Å²) in [6.07, 6.45) is 5.14. The van der Waals surface area contributed by atoms with E-state index in [0.717, 1.165) is 30.4 Å². The predicted molar refractivity (Wildman–Crippen MR) is 70.4 cm³/mol. The highest BCUT2D eigenvalue weighted by Crippen LogP contribution is 2.22. The summed E-state index contributed by atoms with van der Waals surface area (Å²) >= 11 is 3.34. The fourth-order valence-electron chi connectivity index (χ4n) is 1.91. The van der Waals surface area contributed by atoms with Crippen LogP contribution < -0.4 is 15.4 Å². The average Bonchev–Trinajstić information content (AvgIpc) is 2.60. The Morgan fingerprint density at radius 3 is 3.18 bits per heavy atom. The Labute approximate surface area is 110 Å². The molecule has 6 heteroatoms. The van der Waals surface area contributed by atoms with Crippen LogP contribution in [0.4, 0.5) is 5.95 Å². The summed E-state index contributed by atoms with van der Waals surface area (Å²) in [4.78, 5) is 8.55. The minimum Gasteiger partial charge on any atom is -0.480 e. The smallest absolute Gasteiger partial charge is 0.232 e. The third-order valence-corrected chi connectivity index (χ3v) is 3.36. The molecule has 1 unspecified atom stereocenters. The van der Waals surface area contributed by atoms with Crippen LogP contribution in [0.1, 0.15) is 19.3 Å². The van der Waals surface area contributed by atoms with Gasteiger partial charge in [-0.3, -0.25) is 0 Å². The first-order valence-corrected chi connectivity index (χ1v) is 6.62. The fraction of sp³-hybridized carbons (Fsp3) is 0.636. The van der Waals surface area contributed by atoms with Crippen molar-refractivity contribution in [2.24, 2.45) is 0 Å². The van der Waals surface area contributed by atoms with E-state index in [1.165, 1.54) is 6.42 Å². The van der Waals surface area contributed by atoms with E-state index in [0.29, 0.717) is 17.9 Å². The number of nitrogens with zero attached hydrogens (tertiary/aromatic N) is 2. The van der Waals surface area contributed by atoms with Gasteiger partial charge in [0.1, 0.15) is 0 Å². The van der Waals surface area contributed by atoms with Crippen LogP contribution in [0.25, 0.3) is 0 Å². The second-order valence-electron chi connectivity index (χ2n) is 4.07. The molecule has 94 valence electrons. The molecule has 0 radical (unpaired) electrons. The van der Waals surface area contributed by atoms with Crippen molar-refractivity contribution in [1.82, 2.24) is 15.3 Å². The monoisotopic (exact) mass is 300 g/mol. The van der Waals surface area contributed by atoms with Gasteiger partial charge in [-0.15, -0.1) is 0 Å². The molecule has 0 saturated carbocycles. The first-order chi connectivity index (χ1) is 8.29. The Kier molecular flexibility index (Phi) is 4.56. The summed E-state index contributed by atoms with van der Waals surface area (Å²) in [6, 6.07) is 0.441. The fourth-order valence-corrected chi connectivity index (χ4v) is 2.26. The van der Waals surface area contributed by atoms with E-state index in [1.807, 2.05) is 0 Å². The lowest BCUT2D eigenvalue weighted by atomic mass is 10.1. The second-order valence-corrected chi connectivity index (χ2v) is 4.93. The van der Waals surface area contributed by atoms with Gasteiger partial charge < -0.3 is 15.4 Å². The van der Waals surface area contributed by atoms with Gasteiger partial charge in [0.25, 0.3) is 0 Å². The van der Waals surface area contributed by atoms with E-state index in [1.54, 1.807) is 13.3 Å². The highest BCUT2D eigenvalue weighted by molar-refractivity contribution is 9.10. The SMILES string of the molecule is COc1nc(NC2CCCNCC2)ncc1Br. The van der Waals surface area contributed by atoms with E-state index >= 15 is 0 Å². The molecule has 2 N–H and O–H groups in total. The zero-order valence-electron chi connectivity index (χ0n) is 9.87. The summed E-state index contributed by atoms with van der Waals surface area (Å²) in [5.41, 5.74) is 0. The lowest BCUT2D eigenvalue weighted by molar-refractivity contribution is 0.394. The molecule has 5 nitrogen and oxygen atoms in total. The van der Waals surface area contributed by atoms with Crippen LogP contribution in [-0.4, -0.2) is 36.2 Å². The summed E-state index contributed by atoms with van der Waals surface area (Å²) in [7, 11) is 1.60. The average molecular weight is 301 g/mol. The van der Waals surface area contributed by atoms with Gasteiger partial charge in [0, 0.05) is 6.04 Å². The third kappa shape index (κ3) is 3.54. The Hall–Kier alpha value is -0.880. The molecule has 0 aliphatic carbocycles. The lowest BCUT2D eigenvalue weighted by Gasteiger charge is -2.16. The number of halogens is 1. The number of hydrogen-bond donors (Lipinski definition) is 2. The van der Waals surface area contributed by atoms with E-state index in [9.17, 15) is 0 Å². The van der Waals surface area contributed by atoms with Crippen LogP contribution in [-0.2, 0) is 0 Å². The summed E-state index contributed by atoms with van der Waals surface area (Å²) < 4.78 is 5.92. The molecule has 1 saturated heterocycles. The van der Waals surface area contributed by atoms with Crippen molar-refractivity contribution >= 4 is 21.9 Å². The van der Waals surface area contributed by atoms with Crippen LogP contribution in [0.15, 0.2) is 10.7 Å². The van der Waals surface area contributed by atoms with Crippen molar-refractivity contribution in [2.75, 3.05) is 25.5 Å². The van der Waals surface area contributed by atoms with Gasteiger partial charge in [0.2, 0.25) is 11.8 Å². The molecule has 1 aliphatic heterocycles. The van der Waals surface area contributed by atoms with Crippen LogP contribution in [0, 0.1) is 0 Å². The molecule has 0 bridgehead atoms. The third-order valence-electron chi connectivity index (χ3n) is 2.81. The Morgan fingerprint density at radius 2 is 2.35 bits per heavy atom. The topological polar surface area (TPSA) is 59.1 Å². The van der Waals surface area contributed by atoms with Gasteiger partial charge in [0.05, 0.1) is 17.8 Å². The first-order valence-electron chi connectivity index (χ1n) is 5.83. The number of nitrogens with one attached hydrogen (secondary N) is 2. The van der Waals surface area contributed by atoms with E-state index < -0.39 is 0 Å². The van der Waals surface area contributed by atoms with E-state index in [2.05, 4.69) is 36.5 Å². The number of ether oxygens (including phenoxy) is 1. The normalized spacial score (nSPS) is 20.7. The molecule has 0 aromatic carbocycles. The van der Waals surface area contributed by atoms with Crippen molar-refractivity contribution in [2.45, 2.75) is 25.3 Å². The number of methoxy groups -OCH3 is 1. The van der Waals surface area contributed by atoms with Gasteiger partial charge in [0.15, 0.2) is 0 Å². The first kappa shape index (κ1) is 12.6. The van der Waals surface area contributed by atoms with Crippen molar-refractivity contribution < 1.29 is 4.74 Å². The molecule has 0 amide bonds. The molecular weight excluding hydrogens is 284 g/mol. The van der Waals surface area contributed by atoms with Crippen molar-refractivity contribution in [1.29, 1.82) is 0 Å². The molecule has 1 fully saturated rings. The van der Waals surface area contributed by atoms with Crippen LogP contribution >= 0.6 is 15.9 Å². The Morgan fingerprint density at radius 1 is 1.47 bits per heavy atom. The maximum absolute atomic E-state index is 5.15. The van der Waals surface area contributed by atoms with Crippen molar-refractivity contribution in [3.05, 3.63) is 10.7 Å². The second kappa shape index (κ2) is 6.16. The Bertz CT molecular complexity index is 366. The highest BCUT2D eigenvalue weighted by Gasteiger charge is 2.13. The predicted octanol–water partition coefficient (Wildman–Crippen LogP) is 1.80. The van der Waals surface area contributed by atoms with Gasteiger partial charge in [-0.25, -0.2) is 4.98 Å². The number of hydrogen-bond acceptors (Lipinski definition) is 5. The van der Waals surface area contributed by atoms with Crippen molar-refractivity contribution in [3.8, 4) is 5.88 Å². The summed E-state index contributed by atoms with van der Waals surface area (Å²) in [6.45, 7) is 2.15. The van der Waals surface area contributed by atoms with Crippen LogP contribution in [0.2, 0.25) is 0 Å². The van der Waals surface area contributed by atoms with Crippen molar-refractivity contribution in [3.63, 3.8) is 0 Å². The van der Waals surface area contributed by atoms with Crippen LogP contribution in [0.5, 0.6) is 5.88 Å². The zero-order chi connectivity index (χ0) is 12.1. The minimum atomic E-state index is 0.441. The highest BCUT2D eigenvalue weighted by atomic mass is 79.9. The standard InChI is InChI=1S/C11H17BrN4O/c1-17-10-9(12)7-14-11(16-10)15-8-3-2-5-13-6-4-8/h7-8,13H,2-6H2,1H3,(H,14,15,16). The largest absolute Gasteiger partial charge is 0.480 e.